The maximum Gasteiger partial charge on any atom is 0.191 e. The molecule has 2 saturated heterocycles. The van der Waals surface area contributed by atoms with E-state index in [4.69, 9.17) is 0 Å². The standard InChI is InChI=1S/C19H33N5S/c1-4-16(2)14-24-11-7-8-17(15-24)18-20-21-19(22(18)3)25-13-12-23-9-5-6-10-23/h4,17H,5-15H2,1-3H3/b16-4+/t17-/m0/s1. The molecule has 2 aliphatic rings. The number of hydrogen-bond donors (Lipinski definition) is 0. The summed E-state index contributed by atoms with van der Waals surface area (Å²) in [6.07, 6.45) is 7.44. The lowest BCUT2D eigenvalue weighted by atomic mass is 9.97. The molecule has 1 aromatic heterocycles. The molecule has 6 heteroatoms. The highest BCUT2D eigenvalue weighted by atomic mass is 32.2. The van der Waals surface area contributed by atoms with Gasteiger partial charge in [0.2, 0.25) is 0 Å². The van der Waals surface area contributed by atoms with Crippen LogP contribution in [0.25, 0.3) is 0 Å². The van der Waals surface area contributed by atoms with Gasteiger partial charge >= 0.3 is 0 Å². The molecular weight excluding hydrogens is 330 g/mol. The fraction of sp³-hybridized carbons (Fsp3) is 0.789. The molecule has 0 saturated carbocycles. The topological polar surface area (TPSA) is 37.2 Å². The van der Waals surface area contributed by atoms with E-state index in [9.17, 15) is 0 Å². The minimum atomic E-state index is 0.517. The van der Waals surface area contributed by atoms with Crippen LogP contribution in [0, 0.1) is 0 Å². The summed E-state index contributed by atoms with van der Waals surface area (Å²) < 4.78 is 2.24. The highest BCUT2D eigenvalue weighted by Crippen LogP contribution is 2.28. The van der Waals surface area contributed by atoms with Crippen LogP contribution >= 0.6 is 11.8 Å². The Bertz CT molecular complexity index is 576. The molecule has 140 valence electrons. The van der Waals surface area contributed by atoms with Gasteiger partial charge in [0.15, 0.2) is 5.16 Å². The summed E-state index contributed by atoms with van der Waals surface area (Å²) in [6, 6.07) is 0. The lowest BCUT2D eigenvalue weighted by Gasteiger charge is -2.32. The Balaban J connectivity index is 1.54. The Hall–Kier alpha value is -0.850. The van der Waals surface area contributed by atoms with E-state index < -0.39 is 0 Å². The summed E-state index contributed by atoms with van der Waals surface area (Å²) in [4.78, 5) is 5.13. The Morgan fingerprint density at radius 2 is 1.92 bits per heavy atom. The van der Waals surface area contributed by atoms with Gasteiger partial charge in [0.1, 0.15) is 5.82 Å². The highest BCUT2D eigenvalue weighted by molar-refractivity contribution is 7.99. The van der Waals surface area contributed by atoms with Gasteiger partial charge in [-0.1, -0.05) is 23.4 Å². The van der Waals surface area contributed by atoms with E-state index in [1.807, 2.05) is 11.8 Å². The Labute approximate surface area is 156 Å². The first-order valence-corrected chi connectivity index (χ1v) is 10.7. The van der Waals surface area contributed by atoms with Crippen LogP contribution in [-0.4, -0.2) is 69.6 Å². The summed E-state index contributed by atoms with van der Waals surface area (Å²) >= 11 is 1.86. The van der Waals surface area contributed by atoms with Crippen molar-refractivity contribution in [1.82, 2.24) is 24.6 Å². The third kappa shape index (κ3) is 5.08. The van der Waals surface area contributed by atoms with Gasteiger partial charge in [0.05, 0.1) is 0 Å². The maximum absolute atomic E-state index is 4.56. The quantitative estimate of drug-likeness (QED) is 0.549. The number of allylic oxidation sites excluding steroid dienone is 1. The summed E-state index contributed by atoms with van der Waals surface area (Å²) in [7, 11) is 2.14. The molecule has 0 N–H and O–H groups in total. The number of likely N-dealkylation sites (tertiary alicyclic amines) is 2. The van der Waals surface area contributed by atoms with Crippen LogP contribution in [0.15, 0.2) is 16.8 Å². The van der Waals surface area contributed by atoms with Gasteiger partial charge in [-0.3, -0.25) is 4.90 Å². The largest absolute Gasteiger partial charge is 0.309 e. The molecule has 3 rings (SSSR count). The van der Waals surface area contributed by atoms with E-state index in [1.54, 1.807) is 0 Å². The van der Waals surface area contributed by atoms with Gasteiger partial charge in [0.25, 0.3) is 0 Å². The van der Waals surface area contributed by atoms with Crippen molar-refractivity contribution >= 4 is 11.8 Å². The van der Waals surface area contributed by atoms with Crippen molar-refractivity contribution in [2.75, 3.05) is 45.0 Å². The van der Waals surface area contributed by atoms with E-state index in [-0.39, 0.29) is 0 Å². The Kier molecular flexibility index (Phi) is 6.96. The van der Waals surface area contributed by atoms with Crippen LogP contribution in [-0.2, 0) is 7.05 Å². The first kappa shape index (κ1) is 18.9. The minimum Gasteiger partial charge on any atom is -0.309 e. The van der Waals surface area contributed by atoms with Gasteiger partial charge in [-0.2, -0.15) is 0 Å². The number of hydrogen-bond acceptors (Lipinski definition) is 5. The fourth-order valence-electron chi connectivity index (χ4n) is 3.93. The van der Waals surface area contributed by atoms with Crippen LogP contribution in [0.1, 0.15) is 51.3 Å². The van der Waals surface area contributed by atoms with Crippen molar-refractivity contribution in [2.24, 2.45) is 7.05 Å². The zero-order valence-corrected chi connectivity index (χ0v) is 16.9. The second-order valence-corrected chi connectivity index (χ2v) is 8.57. The average molecular weight is 364 g/mol. The van der Waals surface area contributed by atoms with Gasteiger partial charge in [-0.25, -0.2) is 0 Å². The molecule has 25 heavy (non-hydrogen) atoms. The molecule has 3 heterocycles. The monoisotopic (exact) mass is 363 g/mol. The molecule has 2 aliphatic heterocycles. The number of rotatable bonds is 7. The van der Waals surface area contributed by atoms with Crippen molar-refractivity contribution in [1.29, 1.82) is 0 Å². The van der Waals surface area contributed by atoms with Crippen LogP contribution in [0.3, 0.4) is 0 Å². The highest BCUT2D eigenvalue weighted by Gasteiger charge is 2.26. The Morgan fingerprint density at radius 3 is 2.68 bits per heavy atom. The minimum absolute atomic E-state index is 0.517. The molecule has 0 unspecified atom stereocenters. The molecule has 0 radical (unpaired) electrons. The number of nitrogens with zero attached hydrogens (tertiary/aromatic N) is 5. The van der Waals surface area contributed by atoms with Crippen molar-refractivity contribution in [3.05, 3.63) is 17.5 Å². The zero-order valence-electron chi connectivity index (χ0n) is 16.1. The summed E-state index contributed by atoms with van der Waals surface area (Å²) in [5, 5.41) is 10.1. The smallest absolute Gasteiger partial charge is 0.191 e. The van der Waals surface area contributed by atoms with E-state index in [0.717, 1.165) is 24.0 Å². The van der Waals surface area contributed by atoms with Crippen molar-refractivity contribution in [3.8, 4) is 0 Å². The average Bonchev–Trinajstić information content (AvgIpc) is 3.26. The van der Waals surface area contributed by atoms with E-state index >= 15 is 0 Å². The first-order valence-electron chi connectivity index (χ1n) is 9.76. The van der Waals surface area contributed by atoms with E-state index in [1.165, 1.54) is 63.3 Å². The van der Waals surface area contributed by atoms with Gasteiger partial charge < -0.3 is 9.47 Å². The second kappa shape index (κ2) is 9.19. The van der Waals surface area contributed by atoms with Crippen LogP contribution < -0.4 is 0 Å². The summed E-state index contributed by atoms with van der Waals surface area (Å²) in [6.45, 7) is 11.5. The zero-order chi connectivity index (χ0) is 17.6. The molecule has 5 nitrogen and oxygen atoms in total. The predicted molar refractivity (Wildman–Crippen MR) is 105 cm³/mol. The van der Waals surface area contributed by atoms with Crippen LogP contribution in [0.5, 0.6) is 0 Å². The summed E-state index contributed by atoms with van der Waals surface area (Å²) in [5.74, 6) is 2.80. The molecule has 0 aromatic carbocycles. The predicted octanol–water partition coefficient (Wildman–Crippen LogP) is 3.15. The molecule has 2 fully saturated rings. The van der Waals surface area contributed by atoms with E-state index in [2.05, 4.69) is 51.5 Å². The van der Waals surface area contributed by atoms with Gasteiger partial charge in [0, 0.05) is 38.4 Å². The molecule has 0 amide bonds. The molecule has 0 spiro atoms. The number of aromatic nitrogens is 3. The van der Waals surface area contributed by atoms with E-state index in [0.29, 0.717) is 5.92 Å². The molecule has 0 aliphatic carbocycles. The third-order valence-corrected chi connectivity index (χ3v) is 6.54. The Morgan fingerprint density at radius 1 is 1.16 bits per heavy atom. The molecule has 1 aromatic rings. The lowest BCUT2D eigenvalue weighted by molar-refractivity contribution is 0.217. The number of piperidine rings is 1. The third-order valence-electron chi connectivity index (χ3n) is 5.54. The lowest BCUT2D eigenvalue weighted by Crippen LogP contribution is -2.36. The van der Waals surface area contributed by atoms with Crippen LogP contribution in [0.4, 0.5) is 0 Å². The fourth-order valence-corrected chi connectivity index (χ4v) is 4.85. The molecular formula is C19H33N5S. The van der Waals surface area contributed by atoms with Crippen molar-refractivity contribution in [3.63, 3.8) is 0 Å². The maximum atomic E-state index is 4.56. The second-order valence-electron chi connectivity index (χ2n) is 7.51. The SMILES string of the molecule is C/C=C(\C)CN1CCC[C@H](c2nnc(SCCN3CCCC3)n2C)C1. The van der Waals surface area contributed by atoms with Gasteiger partial charge in [-0.15, -0.1) is 10.2 Å². The normalized spacial score (nSPS) is 23.5. The van der Waals surface area contributed by atoms with Gasteiger partial charge in [-0.05, 0) is 59.2 Å². The molecule has 0 bridgehead atoms. The first-order chi connectivity index (χ1) is 12.2. The van der Waals surface area contributed by atoms with Crippen molar-refractivity contribution < 1.29 is 0 Å². The number of thioether (sulfide) groups is 1. The molecule has 1 atom stereocenters. The summed E-state index contributed by atoms with van der Waals surface area (Å²) in [5.41, 5.74) is 1.46. The van der Waals surface area contributed by atoms with Crippen molar-refractivity contribution in [2.45, 2.75) is 50.6 Å². The van der Waals surface area contributed by atoms with Crippen LogP contribution in [0.2, 0.25) is 0 Å².